The smallest absolute Gasteiger partial charge is 0.243 e. The maximum absolute atomic E-state index is 11.7. The maximum atomic E-state index is 11.7. The Morgan fingerprint density at radius 1 is 1.25 bits per heavy atom. The number of halogens is 1. The van der Waals surface area contributed by atoms with Gasteiger partial charge in [-0.25, -0.2) is 0 Å². The Hall–Kier alpha value is -1.06. The number of carbonyl (C=O) groups is 1. The first-order valence-corrected chi connectivity index (χ1v) is 5.03. The van der Waals surface area contributed by atoms with Gasteiger partial charge in [0.25, 0.3) is 0 Å². The fourth-order valence-corrected chi connectivity index (χ4v) is 1.58. The van der Waals surface area contributed by atoms with E-state index in [9.17, 15) is 4.79 Å². The molecule has 16 heavy (non-hydrogen) atoms. The molecule has 0 aliphatic rings. The van der Waals surface area contributed by atoms with Crippen molar-refractivity contribution in [1.82, 2.24) is 0 Å². The van der Waals surface area contributed by atoms with Gasteiger partial charge in [0.15, 0.2) is 0 Å². The highest BCUT2D eigenvalue weighted by molar-refractivity contribution is 5.96. The molecule has 90 valence electrons. The van der Waals surface area contributed by atoms with Crippen LogP contribution in [0.5, 0.6) is 0 Å². The van der Waals surface area contributed by atoms with Gasteiger partial charge in [0, 0.05) is 12.7 Å². The molecule has 2 N–H and O–H groups in total. The van der Waals surface area contributed by atoms with Crippen LogP contribution in [0.4, 0.5) is 5.69 Å². The summed E-state index contributed by atoms with van der Waals surface area (Å²) in [5.74, 6) is -0.0694. The fraction of sp³-hybridized carbons (Fsp3) is 0.417. The van der Waals surface area contributed by atoms with Gasteiger partial charge in [-0.3, -0.25) is 4.79 Å². The molecular weight excluding hydrogens is 224 g/mol. The van der Waals surface area contributed by atoms with Crippen molar-refractivity contribution in [3.05, 3.63) is 29.3 Å². The third kappa shape index (κ3) is 3.51. The molecule has 0 aliphatic carbocycles. The largest absolute Gasteiger partial charge is 0.320 e. The van der Waals surface area contributed by atoms with E-state index in [1.165, 1.54) is 0 Å². The first kappa shape index (κ1) is 14.9. The first-order valence-electron chi connectivity index (χ1n) is 5.03. The molecule has 1 rings (SSSR count). The van der Waals surface area contributed by atoms with Crippen LogP contribution in [0.3, 0.4) is 0 Å². The Kier molecular flexibility index (Phi) is 5.48. The molecule has 0 heterocycles. The number of nitrogens with zero attached hydrogens (tertiary/aromatic N) is 1. The lowest BCUT2D eigenvalue weighted by Gasteiger charge is -2.20. The zero-order valence-electron chi connectivity index (χ0n) is 10.2. The molecule has 0 aromatic heterocycles. The van der Waals surface area contributed by atoms with Crippen LogP contribution in [0.25, 0.3) is 0 Å². The SMILES string of the molecule is Cc1cc(C)cc(N(C)C(=O)C(C)N)c1.Cl. The second-order valence-corrected chi connectivity index (χ2v) is 4.03. The van der Waals surface area contributed by atoms with Crippen LogP contribution < -0.4 is 10.6 Å². The summed E-state index contributed by atoms with van der Waals surface area (Å²) < 4.78 is 0. The van der Waals surface area contributed by atoms with Crippen LogP contribution in [-0.4, -0.2) is 19.0 Å². The Morgan fingerprint density at radius 2 is 1.69 bits per heavy atom. The monoisotopic (exact) mass is 242 g/mol. The molecule has 0 spiro atoms. The number of nitrogens with two attached hydrogens (primary N) is 1. The molecule has 1 aromatic carbocycles. The van der Waals surface area contributed by atoms with Gasteiger partial charge in [-0.2, -0.15) is 0 Å². The lowest BCUT2D eigenvalue weighted by atomic mass is 10.1. The average Bonchev–Trinajstić information content (AvgIpc) is 2.13. The van der Waals surface area contributed by atoms with Crippen LogP contribution in [0, 0.1) is 13.8 Å². The van der Waals surface area contributed by atoms with Gasteiger partial charge in [-0.05, 0) is 44.0 Å². The van der Waals surface area contributed by atoms with Crippen LogP contribution >= 0.6 is 12.4 Å². The van der Waals surface area contributed by atoms with Gasteiger partial charge >= 0.3 is 0 Å². The van der Waals surface area contributed by atoms with Crippen molar-refractivity contribution in [2.45, 2.75) is 26.8 Å². The molecule has 0 saturated heterocycles. The van der Waals surface area contributed by atoms with Gasteiger partial charge in [0.2, 0.25) is 5.91 Å². The standard InChI is InChI=1S/C12H18N2O.ClH/c1-8-5-9(2)7-11(6-8)14(4)12(15)10(3)13;/h5-7,10H,13H2,1-4H3;1H. The minimum Gasteiger partial charge on any atom is -0.320 e. The molecule has 0 bridgehead atoms. The number of anilines is 1. The molecule has 1 aromatic rings. The average molecular weight is 243 g/mol. The number of rotatable bonds is 2. The zero-order chi connectivity index (χ0) is 11.6. The first-order chi connectivity index (χ1) is 6.91. The summed E-state index contributed by atoms with van der Waals surface area (Å²) in [6.07, 6.45) is 0. The van der Waals surface area contributed by atoms with E-state index in [1.54, 1.807) is 18.9 Å². The van der Waals surface area contributed by atoms with Crippen LogP contribution in [0.15, 0.2) is 18.2 Å². The van der Waals surface area contributed by atoms with E-state index in [1.807, 2.05) is 26.0 Å². The highest BCUT2D eigenvalue weighted by Crippen LogP contribution is 2.17. The van der Waals surface area contributed by atoms with E-state index < -0.39 is 6.04 Å². The summed E-state index contributed by atoms with van der Waals surface area (Å²) in [6.45, 7) is 5.73. The van der Waals surface area contributed by atoms with E-state index in [0.29, 0.717) is 0 Å². The van der Waals surface area contributed by atoms with Crippen LogP contribution in [-0.2, 0) is 4.79 Å². The van der Waals surface area contributed by atoms with Crippen molar-refractivity contribution < 1.29 is 4.79 Å². The van der Waals surface area contributed by atoms with Crippen LogP contribution in [0.1, 0.15) is 18.1 Å². The minimum absolute atomic E-state index is 0. The molecule has 0 aliphatic heterocycles. The van der Waals surface area contributed by atoms with E-state index in [-0.39, 0.29) is 18.3 Å². The Labute approximate surface area is 103 Å². The van der Waals surface area contributed by atoms with Crippen molar-refractivity contribution in [2.24, 2.45) is 5.73 Å². The number of carbonyl (C=O) groups excluding carboxylic acids is 1. The molecule has 1 unspecified atom stereocenters. The third-order valence-corrected chi connectivity index (χ3v) is 2.31. The molecule has 0 radical (unpaired) electrons. The van der Waals surface area contributed by atoms with Crippen LogP contribution in [0.2, 0.25) is 0 Å². The molecule has 0 fully saturated rings. The summed E-state index contributed by atoms with van der Waals surface area (Å²) in [7, 11) is 1.75. The highest BCUT2D eigenvalue weighted by Gasteiger charge is 2.15. The number of amides is 1. The van der Waals surface area contributed by atoms with E-state index in [0.717, 1.165) is 16.8 Å². The van der Waals surface area contributed by atoms with Crippen molar-refractivity contribution in [1.29, 1.82) is 0 Å². The quantitative estimate of drug-likeness (QED) is 0.863. The molecule has 4 heteroatoms. The predicted octanol–water partition coefficient (Wildman–Crippen LogP) is 2.04. The van der Waals surface area contributed by atoms with Crippen molar-refractivity contribution in [3.8, 4) is 0 Å². The third-order valence-electron chi connectivity index (χ3n) is 2.31. The Balaban J connectivity index is 0.00000225. The zero-order valence-corrected chi connectivity index (χ0v) is 11.0. The maximum Gasteiger partial charge on any atom is 0.243 e. The normalized spacial score (nSPS) is 11.6. The fourth-order valence-electron chi connectivity index (χ4n) is 1.58. The predicted molar refractivity (Wildman–Crippen MR) is 70.2 cm³/mol. The second-order valence-electron chi connectivity index (χ2n) is 4.03. The number of likely N-dealkylation sites (N-methyl/N-ethyl adjacent to an activating group) is 1. The summed E-state index contributed by atoms with van der Waals surface area (Å²) in [6, 6.07) is 5.57. The number of benzene rings is 1. The van der Waals surface area contributed by atoms with Crippen molar-refractivity contribution >= 4 is 24.0 Å². The molecule has 0 saturated carbocycles. The summed E-state index contributed by atoms with van der Waals surface area (Å²) in [4.78, 5) is 13.3. The topological polar surface area (TPSA) is 46.3 Å². The minimum atomic E-state index is -0.462. The van der Waals surface area contributed by atoms with E-state index in [2.05, 4.69) is 6.07 Å². The Bertz CT molecular complexity index is 357. The van der Waals surface area contributed by atoms with Gasteiger partial charge in [-0.1, -0.05) is 6.07 Å². The summed E-state index contributed by atoms with van der Waals surface area (Å²) in [5.41, 5.74) is 8.75. The van der Waals surface area contributed by atoms with E-state index >= 15 is 0 Å². The number of hydrogen-bond acceptors (Lipinski definition) is 2. The van der Waals surface area contributed by atoms with Crippen molar-refractivity contribution in [3.63, 3.8) is 0 Å². The van der Waals surface area contributed by atoms with E-state index in [4.69, 9.17) is 5.73 Å². The number of aryl methyl sites for hydroxylation is 2. The van der Waals surface area contributed by atoms with Gasteiger partial charge in [-0.15, -0.1) is 12.4 Å². The Morgan fingerprint density at radius 3 is 2.06 bits per heavy atom. The number of hydrogen-bond donors (Lipinski definition) is 1. The summed E-state index contributed by atoms with van der Waals surface area (Å²) >= 11 is 0. The molecule has 1 atom stereocenters. The van der Waals surface area contributed by atoms with Gasteiger partial charge < -0.3 is 10.6 Å². The molecular formula is C12H19ClN2O. The lowest BCUT2D eigenvalue weighted by Crippen LogP contribution is -2.39. The summed E-state index contributed by atoms with van der Waals surface area (Å²) in [5, 5.41) is 0. The second kappa shape index (κ2) is 5.87. The molecule has 3 nitrogen and oxygen atoms in total. The van der Waals surface area contributed by atoms with Crippen molar-refractivity contribution in [2.75, 3.05) is 11.9 Å². The highest BCUT2D eigenvalue weighted by atomic mass is 35.5. The molecule has 1 amide bonds. The van der Waals surface area contributed by atoms with Gasteiger partial charge in [0.1, 0.15) is 0 Å². The van der Waals surface area contributed by atoms with Gasteiger partial charge in [0.05, 0.1) is 6.04 Å². The lowest BCUT2D eigenvalue weighted by molar-refractivity contribution is -0.119.